The third-order valence-electron chi connectivity index (χ3n) is 4.30. The lowest BCUT2D eigenvalue weighted by Gasteiger charge is -2.23. The molecule has 5 nitrogen and oxygen atoms in total. The lowest BCUT2D eigenvalue weighted by Crippen LogP contribution is -2.41. The summed E-state index contributed by atoms with van der Waals surface area (Å²) in [5.41, 5.74) is 0. The Morgan fingerprint density at radius 1 is 1.25 bits per heavy atom. The van der Waals surface area contributed by atoms with E-state index in [1.54, 1.807) is 12.3 Å². The molecule has 1 unspecified atom stereocenters. The van der Waals surface area contributed by atoms with Gasteiger partial charge in [0.25, 0.3) is 0 Å². The molecule has 2 fully saturated rings. The van der Waals surface area contributed by atoms with E-state index >= 15 is 0 Å². The van der Waals surface area contributed by atoms with E-state index in [0.717, 1.165) is 25.6 Å². The van der Waals surface area contributed by atoms with Crippen LogP contribution in [-0.2, 0) is 0 Å². The summed E-state index contributed by atoms with van der Waals surface area (Å²) in [7, 11) is 0. The molecule has 0 aromatic carbocycles. The fourth-order valence-corrected chi connectivity index (χ4v) is 3.28. The molecule has 2 amide bonds. The highest BCUT2D eigenvalue weighted by Crippen LogP contribution is 2.26. The van der Waals surface area contributed by atoms with Gasteiger partial charge in [0, 0.05) is 31.4 Å². The first-order valence-corrected chi connectivity index (χ1v) is 7.54. The molecule has 1 aromatic rings. The van der Waals surface area contributed by atoms with E-state index in [0.29, 0.717) is 5.82 Å². The standard InChI is InChI=1S/C15H22N4O/c20-15(18-14-7-3-4-9-16-14)17-12-8-10-19(11-12)13-5-1-2-6-13/h3-4,7,9,12-13H,1-2,5-6,8,10-11H2,(H2,16,17,18,20). The van der Waals surface area contributed by atoms with Crippen molar-refractivity contribution in [2.24, 2.45) is 0 Å². The summed E-state index contributed by atoms with van der Waals surface area (Å²) < 4.78 is 0. The van der Waals surface area contributed by atoms with E-state index in [1.165, 1.54) is 25.7 Å². The first-order chi connectivity index (χ1) is 9.81. The minimum Gasteiger partial charge on any atom is -0.334 e. The minimum absolute atomic E-state index is 0.151. The Morgan fingerprint density at radius 3 is 2.85 bits per heavy atom. The Balaban J connectivity index is 1.45. The predicted octanol–water partition coefficient (Wildman–Crippen LogP) is 2.22. The zero-order valence-corrected chi connectivity index (χ0v) is 11.7. The Kier molecular flexibility index (Phi) is 4.16. The van der Waals surface area contributed by atoms with Crippen molar-refractivity contribution < 1.29 is 4.79 Å². The lowest BCUT2D eigenvalue weighted by molar-refractivity contribution is 0.234. The number of aromatic nitrogens is 1. The Labute approximate surface area is 119 Å². The summed E-state index contributed by atoms with van der Waals surface area (Å²) in [5, 5.41) is 5.82. The van der Waals surface area contributed by atoms with E-state index in [9.17, 15) is 4.79 Å². The summed E-state index contributed by atoms with van der Waals surface area (Å²) in [6.07, 6.45) is 8.09. The number of likely N-dealkylation sites (tertiary alicyclic amines) is 1. The minimum atomic E-state index is -0.151. The van der Waals surface area contributed by atoms with Crippen LogP contribution < -0.4 is 10.6 Å². The molecule has 2 aliphatic rings. The molecule has 1 aliphatic carbocycles. The molecule has 108 valence electrons. The number of carbonyl (C=O) groups is 1. The normalized spacial score (nSPS) is 23.9. The lowest BCUT2D eigenvalue weighted by atomic mass is 10.2. The van der Waals surface area contributed by atoms with Crippen molar-refractivity contribution in [1.29, 1.82) is 0 Å². The third-order valence-corrected chi connectivity index (χ3v) is 4.30. The molecule has 0 spiro atoms. The third kappa shape index (κ3) is 3.28. The van der Waals surface area contributed by atoms with Crippen molar-refractivity contribution in [1.82, 2.24) is 15.2 Å². The molecule has 20 heavy (non-hydrogen) atoms. The monoisotopic (exact) mass is 274 g/mol. The number of carbonyl (C=O) groups excluding carboxylic acids is 1. The highest BCUT2D eigenvalue weighted by Gasteiger charge is 2.30. The van der Waals surface area contributed by atoms with Crippen LogP contribution in [0.25, 0.3) is 0 Å². The van der Waals surface area contributed by atoms with Gasteiger partial charge in [-0.1, -0.05) is 18.9 Å². The van der Waals surface area contributed by atoms with Gasteiger partial charge in [-0.05, 0) is 31.4 Å². The van der Waals surface area contributed by atoms with Gasteiger partial charge in [0.15, 0.2) is 0 Å². The van der Waals surface area contributed by atoms with Crippen LogP contribution in [0.1, 0.15) is 32.1 Å². The zero-order chi connectivity index (χ0) is 13.8. The smallest absolute Gasteiger partial charge is 0.320 e. The molecular formula is C15H22N4O. The number of hydrogen-bond donors (Lipinski definition) is 2. The fraction of sp³-hybridized carbons (Fsp3) is 0.600. The van der Waals surface area contributed by atoms with Crippen LogP contribution >= 0.6 is 0 Å². The topological polar surface area (TPSA) is 57.3 Å². The molecule has 0 bridgehead atoms. The van der Waals surface area contributed by atoms with Crippen molar-refractivity contribution in [2.45, 2.75) is 44.2 Å². The Hall–Kier alpha value is -1.62. The quantitative estimate of drug-likeness (QED) is 0.888. The van der Waals surface area contributed by atoms with E-state index in [1.807, 2.05) is 12.1 Å². The number of rotatable bonds is 3. The number of pyridine rings is 1. The van der Waals surface area contributed by atoms with Gasteiger partial charge in [0.2, 0.25) is 0 Å². The Bertz CT molecular complexity index is 444. The number of anilines is 1. The maximum absolute atomic E-state index is 11.9. The van der Waals surface area contributed by atoms with Crippen molar-refractivity contribution in [2.75, 3.05) is 18.4 Å². The second kappa shape index (κ2) is 6.22. The average Bonchev–Trinajstić information content (AvgIpc) is 3.10. The second-order valence-electron chi connectivity index (χ2n) is 5.73. The molecule has 3 rings (SSSR count). The van der Waals surface area contributed by atoms with Crippen LogP contribution in [0.4, 0.5) is 10.6 Å². The van der Waals surface area contributed by atoms with Crippen LogP contribution in [0.3, 0.4) is 0 Å². The fourth-order valence-electron chi connectivity index (χ4n) is 3.28. The van der Waals surface area contributed by atoms with Gasteiger partial charge in [0.05, 0.1) is 0 Å². The molecule has 5 heteroatoms. The van der Waals surface area contributed by atoms with Gasteiger partial charge in [-0.3, -0.25) is 10.2 Å². The van der Waals surface area contributed by atoms with Gasteiger partial charge in [-0.2, -0.15) is 0 Å². The van der Waals surface area contributed by atoms with Crippen LogP contribution in [-0.4, -0.2) is 41.1 Å². The highest BCUT2D eigenvalue weighted by molar-refractivity contribution is 5.88. The summed E-state index contributed by atoms with van der Waals surface area (Å²) in [4.78, 5) is 18.5. The molecule has 2 heterocycles. The van der Waals surface area contributed by atoms with Crippen LogP contribution in [0.5, 0.6) is 0 Å². The number of amides is 2. The number of urea groups is 1. The molecule has 1 aliphatic heterocycles. The first-order valence-electron chi connectivity index (χ1n) is 7.54. The van der Waals surface area contributed by atoms with E-state index in [4.69, 9.17) is 0 Å². The zero-order valence-electron chi connectivity index (χ0n) is 11.7. The van der Waals surface area contributed by atoms with E-state index < -0.39 is 0 Å². The largest absolute Gasteiger partial charge is 0.334 e. The van der Waals surface area contributed by atoms with Crippen LogP contribution in [0, 0.1) is 0 Å². The van der Waals surface area contributed by atoms with Gasteiger partial charge in [0.1, 0.15) is 5.82 Å². The van der Waals surface area contributed by atoms with Crippen molar-refractivity contribution in [3.05, 3.63) is 24.4 Å². The highest BCUT2D eigenvalue weighted by atomic mass is 16.2. The Morgan fingerprint density at radius 2 is 2.10 bits per heavy atom. The maximum Gasteiger partial charge on any atom is 0.320 e. The van der Waals surface area contributed by atoms with Gasteiger partial charge >= 0.3 is 6.03 Å². The van der Waals surface area contributed by atoms with Gasteiger partial charge < -0.3 is 5.32 Å². The molecule has 0 radical (unpaired) electrons. The van der Waals surface area contributed by atoms with Crippen molar-refractivity contribution in [3.8, 4) is 0 Å². The number of hydrogen-bond acceptors (Lipinski definition) is 3. The van der Waals surface area contributed by atoms with Crippen molar-refractivity contribution in [3.63, 3.8) is 0 Å². The first kappa shape index (κ1) is 13.4. The SMILES string of the molecule is O=C(Nc1ccccn1)NC1CCN(C2CCCC2)C1. The summed E-state index contributed by atoms with van der Waals surface area (Å²) in [5.74, 6) is 0.593. The average molecular weight is 274 g/mol. The van der Waals surface area contributed by atoms with E-state index in [2.05, 4.69) is 20.5 Å². The predicted molar refractivity (Wildman–Crippen MR) is 78.6 cm³/mol. The summed E-state index contributed by atoms with van der Waals surface area (Å²) in [6.45, 7) is 2.10. The summed E-state index contributed by atoms with van der Waals surface area (Å²) in [6, 6.07) is 6.35. The molecular weight excluding hydrogens is 252 g/mol. The molecule has 2 N–H and O–H groups in total. The second-order valence-corrected chi connectivity index (χ2v) is 5.73. The van der Waals surface area contributed by atoms with Gasteiger partial charge in [-0.25, -0.2) is 9.78 Å². The van der Waals surface area contributed by atoms with E-state index in [-0.39, 0.29) is 12.1 Å². The van der Waals surface area contributed by atoms with Crippen LogP contribution in [0.15, 0.2) is 24.4 Å². The number of nitrogens with one attached hydrogen (secondary N) is 2. The molecule has 1 saturated carbocycles. The number of nitrogens with zero attached hydrogens (tertiary/aromatic N) is 2. The maximum atomic E-state index is 11.9. The molecule has 1 saturated heterocycles. The van der Waals surface area contributed by atoms with Gasteiger partial charge in [-0.15, -0.1) is 0 Å². The molecule has 1 atom stereocenters. The summed E-state index contributed by atoms with van der Waals surface area (Å²) >= 11 is 0. The molecule has 1 aromatic heterocycles. The van der Waals surface area contributed by atoms with Crippen molar-refractivity contribution >= 4 is 11.8 Å². The van der Waals surface area contributed by atoms with Crippen LogP contribution in [0.2, 0.25) is 0 Å².